The van der Waals surface area contributed by atoms with Crippen LogP contribution in [0.5, 0.6) is 11.6 Å². The molecule has 0 aliphatic carbocycles. The molecule has 6 nitrogen and oxygen atoms in total. The summed E-state index contributed by atoms with van der Waals surface area (Å²) < 4.78 is 30.1. The zero-order valence-electron chi connectivity index (χ0n) is 6.80. The van der Waals surface area contributed by atoms with Crippen LogP contribution < -0.4 is 14.1 Å². The number of methoxy groups -OCH3 is 1. The second kappa shape index (κ2) is 3.58. The monoisotopic (exact) mass is 204 g/mol. The Morgan fingerprint density at radius 3 is 2.77 bits per heavy atom. The van der Waals surface area contributed by atoms with Crippen LogP contribution in [0.15, 0.2) is 18.3 Å². The van der Waals surface area contributed by atoms with E-state index in [0.717, 1.165) is 0 Å². The van der Waals surface area contributed by atoms with E-state index in [-0.39, 0.29) is 11.6 Å². The van der Waals surface area contributed by atoms with Crippen molar-refractivity contribution in [3.8, 4) is 11.6 Å². The fourth-order valence-electron chi connectivity index (χ4n) is 0.689. The predicted molar refractivity (Wildman–Crippen MR) is 44.5 cm³/mol. The smallest absolute Gasteiger partial charge is 0.380 e. The highest BCUT2D eigenvalue weighted by atomic mass is 32.2. The highest BCUT2D eigenvalue weighted by Crippen LogP contribution is 2.16. The molecule has 0 aliphatic heterocycles. The highest BCUT2D eigenvalue weighted by molar-refractivity contribution is 7.84. The molecule has 1 rings (SSSR count). The van der Waals surface area contributed by atoms with E-state index in [9.17, 15) is 8.42 Å². The van der Waals surface area contributed by atoms with E-state index >= 15 is 0 Å². The second-order valence-corrected chi connectivity index (χ2v) is 3.26. The first kappa shape index (κ1) is 9.75. The Bertz CT molecular complexity index is 389. The number of pyridine rings is 1. The molecule has 0 fully saturated rings. The van der Waals surface area contributed by atoms with Crippen LogP contribution in [0.2, 0.25) is 0 Å². The normalized spacial score (nSPS) is 10.9. The Balaban J connectivity index is 2.90. The van der Waals surface area contributed by atoms with Gasteiger partial charge in [0.2, 0.25) is 5.88 Å². The molecule has 0 radical (unpaired) electrons. The van der Waals surface area contributed by atoms with E-state index in [1.165, 1.54) is 25.4 Å². The maximum Gasteiger partial charge on any atom is 0.380 e. The Hall–Kier alpha value is -1.34. The third-order valence-corrected chi connectivity index (χ3v) is 1.55. The molecule has 0 spiro atoms. The van der Waals surface area contributed by atoms with Crippen molar-refractivity contribution in [2.24, 2.45) is 5.14 Å². The molecule has 2 N–H and O–H groups in total. The molecule has 13 heavy (non-hydrogen) atoms. The van der Waals surface area contributed by atoms with Crippen LogP contribution in [-0.4, -0.2) is 20.5 Å². The molecule has 72 valence electrons. The lowest BCUT2D eigenvalue weighted by molar-refractivity contribution is 0.395. The van der Waals surface area contributed by atoms with Gasteiger partial charge in [0, 0.05) is 18.3 Å². The van der Waals surface area contributed by atoms with E-state index < -0.39 is 10.3 Å². The molecule has 0 aromatic carbocycles. The number of hydrogen-bond donors (Lipinski definition) is 1. The van der Waals surface area contributed by atoms with Gasteiger partial charge in [-0.15, -0.1) is 0 Å². The van der Waals surface area contributed by atoms with E-state index in [0.29, 0.717) is 0 Å². The van der Waals surface area contributed by atoms with Gasteiger partial charge in [0.05, 0.1) is 7.11 Å². The first-order valence-corrected chi connectivity index (χ1v) is 4.70. The van der Waals surface area contributed by atoms with Crippen molar-refractivity contribution < 1.29 is 17.3 Å². The molecule has 7 heteroatoms. The third kappa shape index (κ3) is 3.26. The second-order valence-electron chi connectivity index (χ2n) is 2.11. The van der Waals surface area contributed by atoms with Crippen molar-refractivity contribution in [2.75, 3.05) is 7.11 Å². The molecule has 0 amide bonds. The molecule has 0 saturated carbocycles. The minimum Gasteiger partial charge on any atom is -0.481 e. The summed E-state index contributed by atoms with van der Waals surface area (Å²) in [6, 6.07) is 2.66. The van der Waals surface area contributed by atoms with Crippen LogP contribution in [-0.2, 0) is 10.3 Å². The highest BCUT2D eigenvalue weighted by Gasteiger charge is 2.05. The molecule has 0 saturated heterocycles. The van der Waals surface area contributed by atoms with Gasteiger partial charge in [-0.1, -0.05) is 0 Å². The first-order chi connectivity index (χ1) is 6.01. The van der Waals surface area contributed by atoms with Crippen molar-refractivity contribution in [3.63, 3.8) is 0 Å². The minimum absolute atomic E-state index is 0.0642. The van der Waals surface area contributed by atoms with Crippen molar-refractivity contribution in [1.29, 1.82) is 0 Å². The van der Waals surface area contributed by atoms with Gasteiger partial charge in [0.25, 0.3) is 0 Å². The van der Waals surface area contributed by atoms with Crippen LogP contribution in [0.4, 0.5) is 0 Å². The summed E-state index contributed by atoms with van der Waals surface area (Å²) in [4.78, 5) is 3.75. The number of nitrogens with two attached hydrogens (primary N) is 1. The van der Waals surface area contributed by atoms with E-state index in [1.54, 1.807) is 0 Å². The van der Waals surface area contributed by atoms with Crippen LogP contribution in [0.3, 0.4) is 0 Å². The minimum atomic E-state index is -3.99. The molecular formula is C6H8N2O4S. The summed E-state index contributed by atoms with van der Waals surface area (Å²) in [5.41, 5.74) is 0. The first-order valence-electron chi connectivity index (χ1n) is 3.23. The topological polar surface area (TPSA) is 91.5 Å². The number of nitrogens with zero attached hydrogens (tertiary/aromatic N) is 1. The van der Waals surface area contributed by atoms with Crippen molar-refractivity contribution in [1.82, 2.24) is 4.98 Å². The average molecular weight is 204 g/mol. The van der Waals surface area contributed by atoms with Gasteiger partial charge in [0.15, 0.2) is 5.75 Å². The SMILES string of the molecule is COc1cc(OS(N)(=O)=O)ccn1. The summed E-state index contributed by atoms with van der Waals surface area (Å²) >= 11 is 0. The van der Waals surface area contributed by atoms with E-state index in [4.69, 9.17) is 4.74 Å². The molecule has 1 aromatic rings. The number of hydrogen-bond acceptors (Lipinski definition) is 5. The number of aromatic nitrogens is 1. The van der Waals surface area contributed by atoms with Crippen molar-refractivity contribution >= 4 is 10.3 Å². The quantitative estimate of drug-likeness (QED) is 0.728. The van der Waals surface area contributed by atoms with Gasteiger partial charge in [-0.25, -0.2) is 4.98 Å². The number of rotatable bonds is 3. The largest absolute Gasteiger partial charge is 0.481 e. The van der Waals surface area contributed by atoms with Gasteiger partial charge in [-0.3, -0.25) is 0 Å². The predicted octanol–water partition coefficient (Wildman–Crippen LogP) is -0.328. The zero-order valence-corrected chi connectivity index (χ0v) is 7.61. The van der Waals surface area contributed by atoms with E-state index in [1.807, 2.05) is 0 Å². The molecule has 1 heterocycles. The van der Waals surface area contributed by atoms with Gasteiger partial charge in [0.1, 0.15) is 0 Å². The van der Waals surface area contributed by atoms with Crippen molar-refractivity contribution in [2.45, 2.75) is 0 Å². The van der Waals surface area contributed by atoms with Gasteiger partial charge in [-0.2, -0.15) is 13.6 Å². The van der Waals surface area contributed by atoms with Crippen LogP contribution in [0.25, 0.3) is 0 Å². The Labute approximate surface area is 75.6 Å². The lowest BCUT2D eigenvalue weighted by Gasteiger charge is -2.02. The van der Waals surface area contributed by atoms with Gasteiger partial charge in [-0.05, 0) is 0 Å². The third-order valence-electron chi connectivity index (χ3n) is 1.13. The van der Waals surface area contributed by atoms with Gasteiger partial charge >= 0.3 is 10.3 Å². The van der Waals surface area contributed by atoms with E-state index in [2.05, 4.69) is 14.3 Å². The summed E-state index contributed by atoms with van der Waals surface area (Å²) in [7, 11) is -2.58. The lowest BCUT2D eigenvalue weighted by Crippen LogP contribution is -2.18. The Morgan fingerprint density at radius 2 is 2.23 bits per heavy atom. The van der Waals surface area contributed by atoms with Crippen LogP contribution in [0.1, 0.15) is 0 Å². The molecule has 0 unspecified atom stereocenters. The summed E-state index contributed by atoms with van der Waals surface area (Å²) in [5, 5.41) is 4.65. The molecule has 0 atom stereocenters. The van der Waals surface area contributed by atoms with Crippen LogP contribution in [0, 0.1) is 0 Å². The number of ether oxygens (including phenoxy) is 1. The molecule has 1 aromatic heterocycles. The van der Waals surface area contributed by atoms with Crippen molar-refractivity contribution in [3.05, 3.63) is 18.3 Å². The molecular weight excluding hydrogens is 196 g/mol. The van der Waals surface area contributed by atoms with Crippen LogP contribution >= 0.6 is 0 Å². The Morgan fingerprint density at radius 1 is 1.54 bits per heavy atom. The fourth-order valence-corrected chi connectivity index (χ4v) is 1.06. The standard InChI is InChI=1S/C6H8N2O4S/c1-11-6-4-5(2-3-8-6)12-13(7,9)10/h2-4H,1H3,(H2,7,9,10). The summed E-state index contributed by atoms with van der Waals surface area (Å²) in [6.45, 7) is 0. The maximum absolute atomic E-state index is 10.5. The lowest BCUT2D eigenvalue weighted by atomic mass is 10.4. The molecule has 0 bridgehead atoms. The summed E-state index contributed by atoms with van der Waals surface area (Å²) in [5.74, 6) is 0.315. The molecule has 0 aliphatic rings. The summed E-state index contributed by atoms with van der Waals surface area (Å²) in [6.07, 6.45) is 1.35. The Kier molecular flexibility index (Phi) is 2.69. The fraction of sp³-hybridized carbons (Fsp3) is 0.167. The zero-order chi connectivity index (χ0) is 9.90. The average Bonchev–Trinajstić information content (AvgIpc) is 2.01. The maximum atomic E-state index is 10.5. The van der Waals surface area contributed by atoms with Gasteiger partial charge < -0.3 is 8.92 Å².